The van der Waals surface area contributed by atoms with Crippen molar-refractivity contribution in [1.29, 1.82) is 0 Å². The summed E-state index contributed by atoms with van der Waals surface area (Å²) in [7, 11) is 0. The fourth-order valence-electron chi connectivity index (χ4n) is 6.46. The van der Waals surface area contributed by atoms with Crippen LogP contribution in [0.25, 0.3) is 22.3 Å². The predicted octanol–water partition coefficient (Wildman–Crippen LogP) is 5.00. The van der Waals surface area contributed by atoms with E-state index >= 15 is 4.39 Å². The summed E-state index contributed by atoms with van der Waals surface area (Å²) < 4.78 is 31.9. The van der Waals surface area contributed by atoms with Crippen LogP contribution in [0.1, 0.15) is 56.7 Å². The molecule has 3 aromatic heterocycles. The van der Waals surface area contributed by atoms with E-state index in [4.69, 9.17) is 4.98 Å². The van der Waals surface area contributed by atoms with Crippen molar-refractivity contribution in [3.05, 3.63) is 59.2 Å². The Kier molecular flexibility index (Phi) is 7.91. The molecule has 2 aliphatic rings. The van der Waals surface area contributed by atoms with Gasteiger partial charge in [0.15, 0.2) is 11.6 Å². The number of nitrogens with zero attached hydrogens (tertiary/aromatic N) is 7. The molecular formula is C31H38F2N8O. The number of piperidine rings is 1. The maximum absolute atomic E-state index is 15.1. The van der Waals surface area contributed by atoms with Crippen LogP contribution < -0.4 is 5.32 Å². The molecular weight excluding hydrogens is 538 g/mol. The second kappa shape index (κ2) is 11.6. The molecule has 9 nitrogen and oxygen atoms in total. The van der Waals surface area contributed by atoms with E-state index < -0.39 is 11.6 Å². The van der Waals surface area contributed by atoms with Crippen molar-refractivity contribution < 1.29 is 13.9 Å². The molecule has 6 rings (SSSR count). The Balaban J connectivity index is 1.18. The van der Waals surface area contributed by atoms with Gasteiger partial charge in [0.25, 0.3) is 0 Å². The lowest BCUT2D eigenvalue weighted by Crippen LogP contribution is -2.47. The number of fused-ring (bicyclic) bond motifs is 2. The molecule has 0 bridgehead atoms. The third kappa shape index (κ3) is 5.73. The molecule has 2 N–H and O–H groups in total. The van der Waals surface area contributed by atoms with E-state index in [-0.39, 0.29) is 29.3 Å². The summed E-state index contributed by atoms with van der Waals surface area (Å²) in [6.45, 7) is 12.3. The minimum atomic E-state index is -0.637. The van der Waals surface area contributed by atoms with Gasteiger partial charge in [-0.3, -0.25) is 4.90 Å². The summed E-state index contributed by atoms with van der Waals surface area (Å²) in [5.74, 6) is 0.312. The standard InChI is InChI=1S/C31H38F2N8O/c1-18(2)41-20(4)35-30-24(32)13-22(14-27(30)41)29-25(33)15-34-31(38-29)37-28-6-5-21-17-40(12-9-26(21)36-28)23-7-10-39(11-8-23)16-19(3)42/h5-6,13-15,18-19,23,42H,7-12,16-17H2,1-4H3,(H,34,36,37,38)/t19-/m0/s1. The summed E-state index contributed by atoms with van der Waals surface area (Å²) >= 11 is 0. The van der Waals surface area contributed by atoms with Crippen LogP contribution in [0.3, 0.4) is 0 Å². The van der Waals surface area contributed by atoms with Crippen molar-refractivity contribution >= 4 is 22.8 Å². The molecule has 0 amide bonds. The predicted molar refractivity (Wildman–Crippen MR) is 159 cm³/mol. The number of β-amino-alcohol motifs (C(OH)–C–C–N with tert-alkyl or cyclic N) is 1. The van der Waals surface area contributed by atoms with E-state index in [0.717, 1.165) is 63.9 Å². The smallest absolute Gasteiger partial charge is 0.229 e. The number of hydrogen-bond donors (Lipinski definition) is 2. The van der Waals surface area contributed by atoms with Crippen LogP contribution in [0.4, 0.5) is 20.5 Å². The fraction of sp³-hybridized carbons (Fsp3) is 0.484. The number of anilines is 2. The number of hydrogen-bond acceptors (Lipinski definition) is 8. The van der Waals surface area contributed by atoms with Gasteiger partial charge in [-0.05, 0) is 77.4 Å². The van der Waals surface area contributed by atoms with Crippen LogP contribution in [-0.2, 0) is 13.0 Å². The van der Waals surface area contributed by atoms with Gasteiger partial charge in [0.05, 0.1) is 17.8 Å². The largest absolute Gasteiger partial charge is 0.392 e. The Hall–Kier alpha value is -3.54. The summed E-state index contributed by atoms with van der Waals surface area (Å²) in [5, 5.41) is 12.8. The van der Waals surface area contributed by atoms with E-state index in [2.05, 4.69) is 36.1 Å². The van der Waals surface area contributed by atoms with Crippen LogP contribution >= 0.6 is 0 Å². The van der Waals surface area contributed by atoms with Gasteiger partial charge >= 0.3 is 0 Å². The van der Waals surface area contributed by atoms with Crippen molar-refractivity contribution in [2.45, 2.75) is 71.7 Å². The molecule has 5 heterocycles. The van der Waals surface area contributed by atoms with Gasteiger partial charge < -0.3 is 19.9 Å². The molecule has 2 aliphatic heterocycles. The van der Waals surface area contributed by atoms with Crippen LogP contribution in [0, 0.1) is 18.6 Å². The zero-order valence-electron chi connectivity index (χ0n) is 24.6. The van der Waals surface area contributed by atoms with Gasteiger partial charge in [-0.25, -0.2) is 28.7 Å². The maximum atomic E-state index is 15.1. The van der Waals surface area contributed by atoms with Crippen molar-refractivity contribution in [2.24, 2.45) is 0 Å². The Morgan fingerprint density at radius 3 is 2.55 bits per heavy atom. The number of nitrogens with one attached hydrogen (secondary N) is 1. The van der Waals surface area contributed by atoms with Crippen LogP contribution in [0.2, 0.25) is 0 Å². The normalized spacial score (nSPS) is 17.6. The zero-order valence-corrected chi connectivity index (χ0v) is 24.6. The monoisotopic (exact) mass is 576 g/mol. The first-order valence-electron chi connectivity index (χ1n) is 14.8. The average molecular weight is 577 g/mol. The Morgan fingerprint density at radius 1 is 1.02 bits per heavy atom. The lowest BCUT2D eigenvalue weighted by molar-refractivity contribution is 0.0680. The van der Waals surface area contributed by atoms with E-state index in [1.165, 1.54) is 11.6 Å². The molecule has 0 aliphatic carbocycles. The highest BCUT2D eigenvalue weighted by atomic mass is 19.1. The second-order valence-electron chi connectivity index (χ2n) is 11.9. The molecule has 0 unspecified atom stereocenters. The SMILES string of the molecule is Cc1nc2c(F)cc(-c3nc(Nc4ccc5c(n4)CCN(C4CCN(C[C@H](C)O)CC4)C5)ncc3F)cc2n1C(C)C. The van der Waals surface area contributed by atoms with Crippen LogP contribution in [0.5, 0.6) is 0 Å². The van der Waals surface area contributed by atoms with Crippen molar-refractivity contribution in [3.8, 4) is 11.3 Å². The maximum Gasteiger partial charge on any atom is 0.229 e. The second-order valence-corrected chi connectivity index (χ2v) is 11.9. The zero-order chi connectivity index (χ0) is 29.5. The molecule has 1 fully saturated rings. The topological polar surface area (TPSA) is 95.2 Å². The first kappa shape index (κ1) is 28.6. The van der Waals surface area contributed by atoms with Crippen LogP contribution in [-0.4, -0.2) is 77.7 Å². The molecule has 0 saturated carbocycles. The third-order valence-electron chi connectivity index (χ3n) is 8.37. The van der Waals surface area contributed by atoms with E-state index in [9.17, 15) is 9.50 Å². The number of likely N-dealkylation sites (tertiary alicyclic amines) is 1. The van der Waals surface area contributed by atoms with Gasteiger partial charge in [-0.15, -0.1) is 0 Å². The minimum absolute atomic E-state index is 0.00977. The molecule has 4 aromatic rings. The van der Waals surface area contributed by atoms with E-state index in [1.807, 2.05) is 38.3 Å². The highest BCUT2D eigenvalue weighted by molar-refractivity contribution is 5.83. The van der Waals surface area contributed by atoms with Crippen LogP contribution in [0.15, 0.2) is 30.5 Å². The summed E-state index contributed by atoms with van der Waals surface area (Å²) in [6, 6.07) is 7.59. The highest BCUT2D eigenvalue weighted by Gasteiger charge is 2.28. The molecule has 0 spiro atoms. The number of aromatic nitrogens is 5. The van der Waals surface area contributed by atoms with Gasteiger partial charge in [0, 0.05) is 49.4 Å². The number of aryl methyl sites for hydroxylation is 1. The van der Waals surface area contributed by atoms with Gasteiger partial charge in [0.2, 0.25) is 5.95 Å². The van der Waals surface area contributed by atoms with Gasteiger partial charge in [0.1, 0.15) is 22.9 Å². The number of aliphatic hydroxyl groups excluding tert-OH is 1. The minimum Gasteiger partial charge on any atom is -0.392 e. The molecule has 0 radical (unpaired) electrons. The average Bonchev–Trinajstić information content (AvgIpc) is 3.30. The fourth-order valence-corrected chi connectivity index (χ4v) is 6.46. The van der Waals surface area contributed by atoms with Gasteiger partial charge in [-0.1, -0.05) is 6.07 Å². The Bertz CT molecular complexity index is 1600. The first-order chi connectivity index (χ1) is 20.2. The molecule has 42 heavy (non-hydrogen) atoms. The Labute approximate surface area is 244 Å². The van der Waals surface area contributed by atoms with Crippen molar-refractivity contribution in [1.82, 2.24) is 34.3 Å². The van der Waals surface area contributed by atoms with Crippen molar-refractivity contribution in [2.75, 3.05) is 31.5 Å². The van der Waals surface area contributed by atoms with E-state index in [0.29, 0.717) is 28.8 Å². The summed E-state index contributed by atoms with van der Waals surface area (Å²) in [4.78, 5) is 22.6. The molecule has 1 saturated heterocycles. The number of aliphatic hydroxyl groups is 1. The molecule has 1 atom stereocenters. The summed E-state index contributed by atoms with van der Waals surface area (Å²) in [5.41, 5.74) is 3.43. The lowest BCUT2D eigenvalue weighted by atomic mass is 9.98. The first-order valence-corrected chi connectivity index (χ1v) is 14.8. The number of halogens is 2. The number of rotatable bonds is 7. The highest BCUT2D eigenvalue weighted by Crippen LogP contribution is 2.31. The quantitative estimate of drug-likeness (QED) is 0.317. The van der Waals surface area contributed by atoms with Gasteiger partial charge in [-0.2, -0.15) is 0 Å². The number of imidazole rings is 1. The third-order valence-corrected chi connectivity index (χ3v) is 8.37. The molecule has 11 heteroatoms. The van der Waals surface area contributed by atoms with E-state index in [1.54, 1.807) is 6.07 Å². The summed E-state index contributed by atoms with van der Waals surface area (Å²) in [6.07, 6.45) is 3.86. The molecule has 222 valence electrons. The number of pyridine rings is 1. The Morgan fingerprint density at radius 2 is 1.81 bits per heavy atom. The van der Waals surface area contributed by atoms with Crippen molar-refractivity contribution in [3.63, 3.8) is 0 Å². The lowest BCUT2D eigenvalue weighted by Gasteiger charge is -2.40. The molecule has 1 aromatic carbocycles. The number of benzene rings is 1.